The van der Waals surface area contributed by atoms with Gasteiger partial charge in [0.25, 0.3) is 0 Å². The molecule has 158 valence electrons. The molecule has 1 amide bonds. The lowest BCUT2D eigenvalue weighted by atomic mass is 9.98. The number of carbonyl (C=O) groups is 1. The second kappa shape index (κ2) is 9.06. The Bertz CT molecular complexity index is 1250. The van der Waals surface area contributed by atoms with Crippen LogP contribution in [0.5, 0.6) is 0 Å². The van der Waals surface area contributed by atoms with Gasteiger partial charge in [-0.1, -0.05) is 78.9 Å². The normalized spacial score (nSPS) is 12.6. The first-order valence-corrected chi connectivity index (χ1v) is 10.9. The van der Waals surface area contributed by atoms with Crippen molar-refractivity contribution in [3.8, 4) is 11.1 Å². The summed E-state index contributed by atoms with van der Waals surface area (Å²) >= 11 is 0. The molecule has 3 aromatic carbocycles. The van der Waals surface area contributed by atoms with Gasteiger partial charge in [-0.2, -0.15) is 0 Å². The summed E-state index contributed by atoms with van der Waals surface area (Å²) in [5.41, 5.74) is 6.77. The highest BCUT2D eigenvalue weighted by Crippen LogP contribution is 2.44. The van der Waals surface area contributed by atoms with Crippen LogP contribution in [0.3, 0.4) is 0 Å². The van der Waals surface area contributed by atoms with E-state index in [4.69, 9.17) is 4.74 Å². The molecule has 0 bridgehead atoms. The predicted molar refractivity (Wildman–Crippen MR) is 128 cm³/mol. The number of ether oxygens (including phenoxy) is 1. The van der Waals surface area contributed by atoms with Crippen molar-refractivity contribution in [1.82, 2.24) is 10.3 Å². The van der Waals surface area contributed by atoms with E-state index in [1.165, 1.54) is 22.3 Å². The van der Waals surface area contributed by atoms with E-state index in [0.29, 0.717) is 19.6 Å². The van der Waals surface area contributed by atoms with Gasteiger partial charge >= 0.3 is 6.09 Å². The van der Waals surface area contributed by atoms with Gasteiger partial charge in [0.1, 0.15) is 6.61 Å². The number of fused-ring (bicyclic) bond motifs is 4. The minimum absolute atomic E-state index is 0.0759. The van der Waals surface area contributed by atoms with Gasteiger partial charge in [-0.15, -0.1) is 0 Å². The third-order valence-electron chi connectivity index (χ3n) is 5.83. The Labute approximate surface area is 187 Å². The number of aromatic nitrogens is 1. The lowest BCUT2D eigenvalue weighted by molar-refractivity contribution is 0.143. The quantitative estimate of drug-likeness (QED) is 0.379. The van der Waals surface area contributed by atoms with E-state index in [2.05, 4.69) is 40.6 Å². The molecule has 0 unspecified atom stereocenters. The Balaban J connectivity index is 1.12. The maximum absolute atomic E-state index is 12.2. The van der Waals surface area contributed by atoms with E-state index in [1.807, 2.05) is 66.7 Å². The Kier molecular flexibility index (Phi) is 5.67. The van der Waals surface area contributed by atoms with Gasteiger partial charge in [0.05, 0.1) is 11.2 Å². The molecule has 0 saturated heterocycles. The average Bonchev–Trinajstić information content (AvgIpc) is 3.16. The number of benzene rings is 3. The monoisotopic (exact) mass is 420 g/mol. The smallest absolute Gasteiger partial charge is 0.407 e. The maximum Gasteiger partial charge on any atom is 0.407 e. The largest absolute Gasteiger partial charge is 0.449 e. The van der Waals surface area contributed by atoms with E-state index in [-0.39, 0.29) is 12.0 Å². The van der Waals surface area contributed by atoms with Crippen molar-refractivity contribution in [2.45, 2.75) is 12.3 Å². The first kappa shape index (κ1) is 20.0. The van der Waals surface area contributed by atoms with Crippen molar-refractivity contribution in [2.75, 3.05) is 13.2 Å². The standard InChI is InChI=1S/C28H24N2O2/c31-28(29-18-8-7-10-21-17-16-20-9-1-6-15-27(20)30-21)32-19-26-24-13-4-2-11-22(24)23-12-3-5-14-25(23)26/h1-7,9-17,26H,8,18-19H2,(H,29,31). The van der Waals surface area contributed by atoms with Crippen LogP contribution in [0.2, 0.25) is 0 Å². The number of hydrogen-bond donors (Lipinski definition) is 1. The molecule has 1 aliphatic rings. The summed E-state index contributed by atoms with van der Waals surface area (Å²) in [6, 6.07) is 28.8. The number of para-hydroxylation sites is 1. The van der Waals surface area contributed by atoms with E-state index in [0.717, 1.165) is 16.6 Å². The van der Waals surface area contributed by atoms with Crippen LogP contribution in [-0.4, -0.2) is 24.2 Å². The van der Waals surface area contributed by atoms with Gasteiger partial charge in [-0.3, -0.25) is 0 Å². The molecule has 4 aromatic rings. The Morgan fingerprint density at radius 3 is 2.34 bits per heavy atom. The van der Waals surface area contributed by atoms with Crippen LogP contribution in [0.15, 0.2) is 91.0 Å². The zero-order valence-electron chi connectivity index (χ0n) is 17.7. The van der Waals surface area contributed by atoms with E-state index in [1.54, 1.807) is 0 Å². The fourth-order valence-electron chi connectivity index (χ4n) is 4.29. The minimum atomic E-state index is -0.385. The van der Waals surface area contributed by atoms with Crippen molar-refractivity contribution in [3.05, 3.63) is 108 Å². The first-order valence-electron chi connectivity index (χ1n) is 10.9. The van der Waals surface area contributed by atoms with Crippen molar-refractivity contribution < 1.29 is 9.53 Å². The van der Waals surface area contributed by atoms with Gasteiger partial charge in [-0.05, 0) is 46.9 Å². The summed E-state index contributed by atoms with van der Waals surface area (Å²) in [4.78, 5) is 16.9. The topological polar surface area (TPSA) is 51.2 Å². The molecule has 0 spiro atoms. The van der Waals surface area contributed by atoms with Crippen molar-refractivity contribution in [1.29, 1.82) is 0 Å². The van der Waals surface area contributed by atoms with Crippen LogP contribution in [0.1, 0.15) is 29.2 Å². The number of nitrogens with zero attached hydrogens (tertiary/aromatic N) is 1. The molecular formula is C28H24N2O2. The summed E-state index contributed by atoms with van der Waals surface area (Å²) in [7, 11) is 0. The average molecular weight is 421 g/mol. The highest BCUT2D eigenvalue weighted by Gasteiger charge is 2.28. The Hall–Kier alpha value is -3.92. The number of hydrogen-bond acceptors (Lipinski definition) is 3. The van der Waals surface area contributed by atoms with Crippen molar-refractivity contribution in [3.63, 3.8) is 0 Å². The first-order chi connectivity index (χ1) is 15.8. The van der Waals surface area contributed by atoms with Gasteiger partial charge in [0.15, 0.2) is 0 Å². The van der Waals surface area contributed by atoms with Crippen LogP contribution in [0, 0.1) is 0 Å². The maximum atomic E-state index is 12.2. The van der Waals surface area contributed by atoms with Gasteiger partial charge in [0, 0.05) is 17.8 Å². The molecule has 5 rings (SSSR count). The molecule has 1 aromatic heterocycles. The zero-order valence-corrected chi connectivity index (χ0v) is 17.7. The molecule has 0 radical (unpaired) electrons. The summed E-state index contributed by atoms with van der Waals surface area (Å²) in [5.74, 6) is 0.0759. The van der Waals surface area contributed by atoms with E-state index in [9.17, 15) is 4.79 Å². The summed E-state index contributed by atoms with van der Waals surface area (Å²) in [6.07, 6.45) is 4.31. The highest BCUT2D eigenvalue weighted by molar-refractivity contribution is 5.80. The summed E-state index contributed by atoms with van der Waals surface area (Å²) in [5, 5.41) is 3.96. The third-order valence-corrected chi connectivity index (χ3v) is 5.83. The number of alkyl carbamates (subject to hydrolysis) is 1. The SMILES string of the molecule is O=C(NCCC=Cc1ccc2ccccc2n1)OCC1c2ccccc2-c2ccccc21. The fraction of sp³-hybridized carbons (Fsp3) is 0.143. The lowest BCUT2D eigenvalue weighted by Gasteiger charge is -2.14. The number of carbonyl (C=O) groups excluding carboxylic acids is 1. The van der Waals surface area contributed by atoms with Gasteiger partial charge < -0.3 is 10.1 Å². The molecule has 0 saturated carbocycles. The fourth-order valence-corrected chi connectivity index (χ4v) is 4.29. The Morgan fingerprint density at radius 1 is 0.875 bits per heavy atom. The van der Waals surface area contributed by atoms with Crippen LogP contribution in [0.25, 0.3) is 28.1 Å². The molecule has 1 N–H and O–H groups in total. The minimum Gasteiger partial charge on any atom is -0.449 e. The highest BCUT2D eigenvalue weighted by atomic mass is 16.5. The van der Waals surface area contributed by atoms with Crippen LogP contribution in [-0.2, 0) is 4.74 Å². The molecule has 1 aliphatic carbocycles. The molecule has 32 heavy (non-hydrogen) atoms. The van der Waals surface area contributed by atoms with Gasteiger partial charge in [0.2, 0.25) is 0 Å². The summed E-state index contributed by atoms with van der Waals surface area (Å²) < 4.78 is 5.57. The third kappa shape index (κ3) is 4.12. The second-order valence-electron chi connectivity index (χ2n) is 7.87. The number of nitrogens with one attached hydrogen (secondary N) is 1. The van der Waals surface area contributed by atoms with Crippen LogP contribution >= 0.6 is 0 Å². The number of rotatable bonds is 6. The summed E-state index contributed by atoms with van der Waals surface area (Å²) in [6.45, 7) is 0.845. The lowest BCUT2D eigenvalue weighted by Crippen LogP contribution is -2.26. The van der Waals surface area contributed by atoms with Gasteiger partial charge in [-0.25, -0.2) is 9.78 Å². The zero-order chi connectivity index (χ0) is 21.8. The molecular weight excluding hydrogens is 396 g/mol. The molecule has 4 heteroatoms. The number of amides is 1. The molecule has 4 nitrogen and oxygen atoms in total. The van der Waals surface area contributed by atoms with E-state index >= 15 is 0 Å². The molecule has 1 heterocycles. The van der Waals surface area contributed by atoms with Crippen LogP contribution in [0.4, 0.5) is 4.79 Å². The molecule has 0 atom stereocenters. The van der Waals surface area contributed by atoms with Crippen molar-refractivity contribution >= 4 is 23.1 Å². The second-order valence-corrected chi connectivity index (χ2v) is 7.87. The molecule has 0 aliphatic heterocycles. The number of pyridine rings is 1. The van der Waals surface area contributed by atoms with E-state index < -0.39 is 0 Å². The molecule has 0 fully saturated rings. The predicted octanol–water partition coefficient (Wildman–Crippen LogP) is 6.18. The van der Waals surface area contributed by atoms with Crippen molar-refractivity contribution in [2.24, 2.45) is 0 Å². The Morgan fingerprint density at radius 2 is 1.56 bits per heavy atom. The van der Waals surface area contributed by atoms with Crippen LogP contribution < -0.4 is 5.32 Å².